The van der Waals surface area contributed by atoms with Gasteiger partial charge in [0.15, 0.2) is 0 Å². The van der Waals surface area contributed by atoms with Crippen molar-refractivity contribution in [2.45, 2.75) is 45.5 Å². The third-order valence-corrected chi connectivity index (χ3v) is 2.27. The molecule has 0 spiro atoms. The summed E-state index contributed by atoms with van der Waals surface area (Å²) in [5, 5.41) is 9.54. The highest BCUT2D eigenvalue weighted by atomic mass is 28.3. The largest absolute Gasteiger partial charge is 0.378 e. The first-order valence-electron chi connectivity index (χ1n) is 4.03. The third kappa shape index (κ3) is 6.15. The predicted octanol–water partition coefficient (Wildman–Crippen LogP) is 2.03. The molecule has 0 aliphatic heterocycles. The zero-order chi connectivity index (χ0) is 9.12. The molecule has 0 radical (unpaired) electrons. The molecule has 0 bridgehead atoms. The topological polar surface area (TPSA) is 20.2 Å². The quantitative estimate of drug-likeness (QED) is 0.471. The van der Waals surface area contributed by atoms with Crippen LogP contribution in [-0.2, 0) is 0 Å². The Morgan fingerprint density at radius 3 is 2.09 bits per heavy atom. The molecule has 0 saturated heterocycles. The van der Waals surface area contributed by atoms with Crippen molar-refractivity contribution in [2.75, 3.05) is 0 Å². The van der Waals surface area contributed by atoms with Crippen LogP contribution in [0.4, 0.5) is 0 Å². The fourth-order valence-electron chi connectivity index (χ4n) is 0.411. The lowest BCUT2D eigenvalue weighted by atomic mass is 10.1. The molecule has 0 aliphatic carbocycles. The Morgan fingerprint density at radius 1 is 1.36 bits per heavy atom. The number of hydrogen-bond acceptors (Lipinski definition) is 1. The summed E-state index contributed by atoms with van der Waals surface area (Å²) < 4.78 is 0. The minimum atomic E-state index is -1.30. The van der Waals surface area contributed by atoms with Gasteiger partial charge in [-0.1, -0.05) is 32.5 Å². The Bertz CT molecular complexity index is 178. The van der Waals surface area contributed by atoms with Gasteiger partial charge in [0.25, 0.3) is 0 Å². The summed E-state index contributed by atoms with van der Waals surface area (Å²) in [6, 6.07) is 0. The van der Waals surface area contributed by atoms with E-state index in [-0.39, 0.29) is 0 Å². The maximum atomic E-state index is 9.54. The summed E-state index contributed by atoms with van der Waals surface area (Å²) in [5.74, 6) is 2.92. The van der Waals surface area contributed by atoms with Crippen LogP contribution < -0.4 is 0 Å². The molecule has 11 heavy (non-hydrogen) atoms. The van der Waals surface area contributed by atoms with Crippen molar-refractivity contribution >= 4 is 8.07 Å². The van der Waals surface area contributed by atoms with E-state index in [0.717, 1.165) is 0 Å². The van der Waals surface area contributed by atoms with E-state index in [0.29, 0.717) is 6.42 Å². The molecule has 0 fully saturated rings. The van der Waals surface area contributed by atoms with Gasteiger partial charge in [0.2, 0.25) is 0 Å². The van der Waals surface area contributed by atoms with E-state index in [9.17, 15) is 5.11 Å². The van der Waals surface area contributed by atoms with Crippen molar-refractivity contribution in [2.24, 2.45) is 0 Å². The lowest BCUT2D eigenvalue weighted by Gasteiger charge is -2.14. The molecule has 0 unspecified atom stereocenters. The predicted molar refractivity (Wildman–Crippen MR) is 52.0 cm³/mol. The van der Waals surface area contributed by atoms with Crippen LogP contribution >= 0.6 is 0 Å². The summed E-state index contributed by atoms with van der Waals surface area (Å²) >= 11 is 0. The first-order chi connectivity index (χ1) is 4.77. The Hall–Kier alpha value is -0.263. The van der Waals surface area contributed by atoms with Gasteiger partial charge in [-0.3, -0.25) is 0 Å². The molecule has 0 aromatic heterocycles. The van der Waals surface area contributed by atoms with Gasteiger partial charge in [-0.15, -0.1) is 5.54 Å². The molecule has 0 amide bonds. The smallest absolute Gasteiger partial charge is 0.129 e. The molecule has 0 aromatic rings. The van der Waals surface area contributed by atoms with Crippen LogP contribution in [0.3, 0.4) is 0 Å². The zero-order valence-electron chi connectivity index (χ0n) is 8.15. The van der Waals surface area contributed by atoms with Crippen LogP contribution in [-0.4, -0.2) is 18.8 Å². The average molecular weight is 170 g/mol. The summed E-state index contributed by atoms with van der Waals surface area (Å²) in [6.07, 6.45) is 0.699. The van der Waals surface area contributed by atoms with Crippen molar-refractivity contribution in [1.82, 2.24) is 0 Å². The van der Waals surface area contributed by atoms with Gasteiger partial charge in [0.05, 0.1) is 0 Å². The maximum absolute atomic E-state index is 9.54. The lowest BCUT2D eigenvalue weighted by Crippen LogP contribution is -2.23. The van der Waals surface area contributed by atoms with E-state index in [1.807, 2.05) is 6.92 Å². The molecule has 2 heteroatoms. The van der Waals surface area contributed by atoms with E-state index >= 15 is 0 Å². The lowest BCUT2D eigenvalue weighted by molar-refractivity contribution is 0.118. The minimum Gasteiger partial charge on any atom is -0.378 e. The van der Waals surface area contributed by atoms with Crippen LogP contribution in [0.1, 0.15) is 20.3 Å². The molecule has 0 saturated carbocycles. The second kappa shape index (κ2) is 3.42. The van der Waals surface area contributed by atoms with Gasteiger partial charge in [-0.2, -0.15) is 0 Å². The average Bonchev–Trinajstić information content (AvgIpc) is 1.83. The Labute approximate surface area is 70.8 Å². The number of rotatable bonds is 1. The Morgan fingerprint density at radius 2 is 1.82 bits per heavy atom. The summed E-state index contributed by atoms with van der Waals surface area (Å²) in [6.45, 7) is 10.2. The van der Waals surface area contributed by atoms with Crippen molar-refractivity contribution in [3.05, 3.63) is 0 Å². The van der Waals surface area contributed by atoms with Crippen molar-refractivity contribution in [3.8, 4) is 11.5 Å². The molecule has 1 nitrogen and oxygen atoms in total. The molecule has 0 aromatic carbocycles. The third-order valence-electron chi connectivity index (χ3n) is 1.40. The van der Waals surface area contributed by atoms with Gasteiger partial charge in [-0.25, -0.2) is 0 Å². The molecule has 64 valence electrons. The fraction of sp³-hybridized carbons (Fsp3) is 0.778. The molecule has 0 aliphatic rings. The van der Waals surface area contributed by atoms with Gasteiger partial charge in [-0.05, 0) is 13.3 Å². The van der Waals surface area contributed by atoms with Crippen LogP contribution in [0.2, 0.25) is 19.6 Å². The molecule has 0 rings (SSSR count). The molecular formula is C9H18OSi. The maximum Gasteiger partial charge on any atom is 0.129 e. The second-order valence-corrected chi connectivity index (χ2v) is 8.88. The fourth-order valence-corrected chi connectivity index (χ4v) is 1.05. The van der Waals surface area contributed by atoms with Gasteiger partial charge in [0.1, 0.15) is 13.7 Å². The SMILES string of the molecule is CC[C@](C)(O)C#C[Si](C)(C)C. The normalized spacial score (nSPS) is 16.5. The Balaban J connectivity index is 4.29. The molecule has 0 heterocycles. The summed E-state index contributed by atoms with van der Waals surface area (Å²) in [5.41, 5.74) is 2.37. The highest BCUT2D eigenvalue weighted by Crippen LogP contribution is 2.07. The van der Waals surface area contributed by atoms with Gasteiger partial charge >= 0.3 is 0 Å². The standard InChI is InChI=1S/C9H18OSi/c1-6-9(2,10)7-8-11(3,4)5/h10H,6H2,1-5H3/t9-/m0/s1. The van der Waals surface area contributed by atoms with Gasteiger partial charge in [0, 0.05) is 0 Å². The monoisotopic (exact) mass is 170 g/mol. The molecule has 1 N–H and O–H groups in total. The van der Waals surface area contributed by atoms with Crippen LogP contribution in [0, 0.1) is 11.5 Å². The van der Waals surface area contributed by atoms with Crippen molar-refractivity contribution in [3.63, 3.8) is 0 Å². The van der Waals surface area contributed by atoms with Crippen molar-refractivity contribution in [1.29, 1.82) is 0 Å². The molecule has 1 atom stereocenters. The van der Waals surface area contributed by atoms with Gasteiger partial charge < -0.3 is 5.11 Å². The minimum absolute atomic E-state index is 0.699. The first-order valence-corrected chi connectivity index (χ1v) is 7.53. The first kappa shape index (κ1) is 10.7. The highest BCUT2D eigenvalue weighted by Gasteiger charge is 2.15. The number of hydrogen-bond donors (Lipinski definition) is 1. The molecular weight excluding hydrogens is 152 g/mol. The van der Waals surface area contributed by atoms with E-state index in [1.165, 1.54) is 0 Å². The number of aliphatic hydroxyl groups is 1. The van der Waals surface area contributed by atoms with E-state index in [1.54, 1.807) is 6.92 Å². The highest BCUT2D eigenvalue weighted by molar-refractivity contribution is 6.83. The Kier molecular flexibility index (Phi) is 3.34. The van der Waals surface area contributed by atoms with Crippen LogP contribution in [0.25, 0.3) is 0 Å². The summed E-state index contributed by atoms with van der Waals surface area (Å²) in [4.78, 5) is 0. The van der Waals surface area contributed by atoms with Crippen molar-refractivity contribution < 1.29 is 5.11 Å². The summed E-state index contributed by atoms with van der Waals surface area (Å²) in [7, 11) is -1.30. The van der Waals surface area contributed by atoms with E-state index in [4.69, 9.17) is 0 Å². The van der Waals surface area contributed by atoms with E-state index in [2.05, 4.69) is 31.1 Å². The zero-order valence-corrected chi connectivity index (χ0v) is 9.15. The second-order valence-electron chi connectivity index (χ2n) is 4.13. The van der Waals surface area contributed by atoms with Crippen LogP contribution in [0.15, 0.2) is 0 Å². The van der Waals surface area contributed by atoms with E-state index < -0.39 is 13.7 Å². The van der Waals surface area contributed by atoms with Crippen LogP contribution in [0.5, 0.6) is 0 Å².